The number of hydrogen-bond acceptors (Lipinski definition) is 1. The fraction of sp³-hybridized carbons (Fsp3) is 0.833. The van der Waals surface area contributed by atoms with E-state index < -0.39 is 8.07 Å². The third-order valence-electron chi connectivity index (χ3n) is 2.58. The normalized spacial score (nSPS) is 13.4. The average molecular weight is 214 g/mol. The molecule has 0 aliphatic heterocycles. The standard InChI is InChI=1S/C12H26OSi/c1-5-6-7-8-9-10-12(11-13)14(2,3)4/h10,13H,5-9,11H2,1-4H3/b12-10-. The lowest BCUT2D eigenvalue weighted by atomic mass is 10.1. The third-order valence-corrected chi connectivity index (χ3v) is 4.87. The first kappa shape index (κ1) is 13.9. The SMILES string of the molecule is CCCCCC/C=C(/CO)[Si](C)(C)C. The number of unbranched alkanes of at least 4 members (excludes halogenated alkanes) is 4. The van der Waals surface area contributed by atoms with E-state index in [4.69, 9.17) is 0 Å². The number of allylic oxidation sites excluding steroid dienone is 1. The van der Waals surface area contributed by atoms with Crippen molar-refractivity contribution in [1.82, 2.24) is 0 Å². The maximum absolute atomic E-state index is 9.23. The summed E-state index contributed by atoms with van der Waals surface area (Å²) < 4.78 is 0. The zero-order valence-electron chi connectivity index (χ0n) is 10.3. The summed E-state index contributed by atoms with van der Waals surface area (Å²) in [7, 11) is -1.24. The molecule has 0 atom stereocenters. The third kappa shape index (κ3) is 6.38. The molecule has 1 nitrogen and oxygen atoms in total. The fourth-order valence-corrected chi connectivity index (χ4v) is 2.69. The van der Waals surface area contributed by atoms with E-state index in [0.717, 1.165) is 6.42 Å². The molecule has 0 bridgehead atoms. The van der Waals surface area contributed by atoms with Crippen molar-refractivity contribution >= 4 is 8.07 Å². The van der Waals surface area contributed by atoms with Gasteiger partial charge in [0.2, 0.25) is 0 Å². The van der Waals surface area contributed by atoms with Crippen LogP contribution in [0.1, 0.15) is 39.0 Å². The van der Waals surface area contributed by atoms with Crippen molar-refractivity contribution in [2.75, 3.05) is 6.61 Å². The molecule has 0 aliphatic rings. The van der Waals surface area contributed by atoms with Crippen LogP contribution < -0.4 is 0 Å². The number of aliphatic hydroxyl groups is 1. The molecule has 84 valence electrons. The van der Waals surface area contributed by atoms with Gasteiger partial charge >= 0.3 is 0 Å². The van der Waals surface area contributed by atoms with Crippen LogP contribution in [0.4, 0.5) is 0 Å². The Morgan fingerprint density at radius 3 is 2.21 bits per heavy atom. The zero-order chi connectivity index (χ0) is 11.0. The lowest BCUT2D eigenvalue weighted by Gasteiger charge is -2.18. The molecule has 0 rings (SSSR count). The highest BCUT2D eigenvalue weighted by atomic mass is 28.3. The van der Waals surface area contributed by atoms with Crippen molar-refractivity contribution in [2.24, 2.45) is 0 Å². The van der Waals surface area contributed by atoms with Gasteiger partial charge in [-0.1, -0.05) is 57.1 Å². The van der Waals surface area contributed by atoms with E-state index in [9.17, 15) is 5.11 Å². The van der Waals surface area contributed by atoms with Gasteiger partial charge in [-0.3, -0.25) is 0 Å². The molecule has 14 heavy (non-hydrogen) atoms. The van der Waals surface area contributed by atoms with Crippen LogP contribution in [0.2, 0.25) is 19.6 Å². The van der Waals surface area contributed by atoms with E-state index >= 15 is 0 Å². The Balaban J connectivity index is 3.83. The summed E-state index contributed by atoms with van der Waals surface area (Å²) in [5, 5.41) is 10.5. The molecule has 0 saturated carbocycles. The molecule has 0 heterocycles. The predicted molar refractivity (Wildman–Crippen MR) is 67.3 cm³/mol. The summed E-state index contributed by atoms with van der Waals surface area (Å²) in [5.41, 5.74) is 0. The van der Waals surface area contributed by atoms with Crippen molar-refractivity contribution in [3.63, 3.8) is 0 Å². The minimum absolute atomic E-state index is 0.267. The molecule has 0 spiro atoms. The molecule has 0 amide bonds. The molecule has 0 aromatic heterocycles. The van der Waals surface area contributed by atoms with Crippen LogP contribution in [0.3, 0.4) is 0 Å². The van der Waals surface area contributed by atoms with Crippen molar-refractivity contribution in [2.45, 2.75) is 58.7 Å². The molecule has 0 fully saturated rings. The van der Waals surface area contributed by atoms with Gasteiger partial charge < -0.3 is 5.11 Å². The summed E-state index contributed by atoms with van der Waals surface area (Å²) in [5.74, 6) is 0. The number of aliphatic hydroxyl groups excluding tert-OH is 1. The van der Waals surface area contributed by atoms with Crippen LogP contribution in [0.5, 0.6) is 0 Å². The highest BCUT2D eigenvalue weighted by molar-refractivity contribution is 6.83. The van der Waals surface area contributed by atoms with Crippen molar-refractivity contribution in [3.05, 3.63) is 11.3 Å². The quantitative estimate of drug-likeness (QED) is 0.505. The molecule has 0 saturated heterocycles. The van der Waals surface area contributed by atoms with Gasteiger partial charge in [0, 0.05) is 0 Å². The maximum Gasteiger partial charge on any atom is 0.0750 e. The molecule has 0 radical (unpaired) electrons. The van der Waals surface area contributed by atoms with E-state index in [-0.39, 0.29) is 6.61 Å². The molecule has 0 aliphatic carbocycles. The van der Waals surface area contributed by atoms with Gasteiger partial charge in [0.1, 0.15) is 0 Å². The lowest BCUT2D eigenvalue weighted by molar-refractivity contribution is 0.337. The van der Waals surface area contributed by atoms with E-state index in [0.29, 0.717) is 0 Å². The second-order valence-electron chi connectivity index (χ2n) is 4.99. The summed E-state index contributed by atoms with van der Waals surface area (Å²) in [6, 6.07) is 0. The molecule has 0 aromatic rings. The summed E-state index contributed by atoms with van der Waals surface area (Å²) in [6.45, 7) is 9.38. The van der Waals surface area contributed by atoms with E-state index in [1.54, 1.807) is 0 Å². The molecular formula is C12H26OSi. The van der Waals surface area contributed by atoms with Crippen LogP contribution >= 0.6 is 0 Å². The second kappa shape index (κ2) is 7.24. The van der Waals surface area contributed by atoms with Crippen molar-refractivity contribution < 1.29 is 5.11 Å². The number of rotatable bonds is 7. The monoisotopic (exact) mass is 214 g/mol. The van der Waals surface area contributed by atoms with Crippen LogP contribution in [0.25, 0.3) is 0 Å². The average Bonchev–Trinajstić information content (AvgIpc) is 2.09. The Morgan fingerprint density at radius 2 is 1.79 bits per heavy atom. The van der Waals surface area contributed by atoms with E-state index in [1.807, 2.05) is 0 Å². The van der Waals surface area contributed by atoms with Crippen LogP contribution in [0, 0.1) is 0 Å². The van der Waals surface area contributed by atoms with Gasteiger partial charge in [0.15, 0.2) is 0 Å². The first-order chi connectivity index (χ1) is 6.52. The van der Waals surface area contributed by atoms with Crippen LogP contribution in [-0.2, 0) is 0 Å². The largest absolute Gasteiger partial charge is 0.392 e. The van der Waals surface area contributed by atoms with Crippen molar-refractivity contribution in [1.29, 1.82) is 0 Å². The smallest absolute Gasteiger partial charge is 0.0750 e. The van der Waals surface area contributed by atoms with E-state index in [2.05, 4.69) is 32.6 Å². The van der Waals surface area contributed by atoms with E-state index in [1.165, 1.54) is 30.9 Å². The van der Waals surface area contributed by atoms with Gasteiger partial charge in [0.25, 0.3) is 0 Å². The summed E-state index contributed by atoms with van der Waals surface area (Å²) in [6.07, 6.45) is 8.68. The topological polar surface area (TPSA) is 20.2 Å². The van der Waals surface area contributed by atoms with Crippen LogP contribution in [0.15, 0.2) is 11.3 Å². The molecule has 0 unspecified atom stereocenters. The highest BCUT2D eigenvalue weighted by Gasteiger charge is 2.17. The summed E-state index contributed by atoms with van der Waals surface area (Å²) >= 11 is 0. The Morgan fingerprint density at radius 1 is 1.14 bits per heavy atom. The minimum atomic E-state index is -1.24. The predicted octanol–water partition coefficient (Wildman–Crippen LogP) is 3.75. The Kier molecular flexibility index (Phi) is 7.20. The lowest BCUT2D eigenvalue weighted by Crippen LogP contribution is -2.26. The Bertz CT molecular complexity index is 168. The second-order valence-corrected chi connectivity index (χ2v) is 10.1. The minimum Gasteiger partial charge on any atom is -0.392 e. The Hall–Kier alpha value is -0.0831. The first-order valence-corrected chi connectivity index (χ1v) is 9.32. The van der Waals surface area contributed by atoms with Gasteiger partial charge in [-0.05, 0) is 12.8 Å². The fourth-order valence-electron chi connectivity index (χ4n) is 1.46. The highest BCUT2D eigenvalue weighted by Crippen LogP contribution is 2.15. The zero-order valence-corrected chi connectivity index (χ0v) is 11.3. The first-order valence-electron chi connectivity index (χ1n) is 5.82. The summed E-state index contributed by atoms with van der Waals surface area (Å²) in [4.78, 5) is 0. The number of hydrogen-bond donors (Lipinski definition) is 1. The van der Waals surface area contributed by atoms with Gasteiger partial charge in [-0.2, -0.15) is 0 Å². The molecule has 2 heteroatoms. The molecule has 1 N–H and O–H groups in total. The van der Waals surface area contributed by atoms with Gasteiger partial charge in [-0.25, -0.2) is 0 Å². The Labute approximate surface area is 90.2 Å². The van der Waals surface area contributed by atoms with Gasteiger partial charge in [-0.15, -0.1) is 0 Å². The van der Waals surface area contributed by atoms with Gasteiger partial charge in [0.05, 0.1) is 14.7 Å². The molecular weight excluding hydrogens is 188 g/mol. The van der Waals surface area contributed by atoms with Crippen molar-refractivity contribution in [3.8, 4) is 0 Å². The maximum atomic E-state index is 9.23. The van der Waals surface area contributed by atoms with Crippen LogP contribution in [-0.4, -0.2) is 19.8 Å². The molecule has 0 aromatic carbocycles.